The van der Waals surface area contributed by atoms with Crippen LogP contribution in [0.1, 0.15) is 37.9 Å². The summed E-state index contributed by atoms with van der Waals surface area (Å²) in [5.41, 5.74) is 9.77. The van der Waals surface area contributed by atoms with Crippen molar-refractivity contribution in [1.29, 1.82) is 0 Å². The van der Waals surface area contributed by atoms with Gasteiger partial charge in [-0.25, -0.2) is 4.98 Å². The Balaban J connectivity index is 1.52. The molecule has 134 valence electrons. The molecule has 0 aliphatic carbocycles. The van der Waals surface area contributed by atoms with E-state index in [1.54, 1.807) is 0 Å². The number of unbranched alkanes of at least 4 members (excludes halogenated alkanes) is 3. The predicted molar refractivity (Wildman–Crippen MR) is 105 cm³/mol. The normalized spacial score (nSPS) is 10.8. The summed E-state index contributed by atoms with van der Waals surface area (Å²) in [4.78, 5) is 18.6. The first-order chi connectivity index (χ1) is 12.7. The van der Waals surface area contributed by atoms with E-state index in [2.05, 4.69) is 58.5 Å². The van der Waals surface area contributed by atoms with Gasteiger partial charge in [-0.3, -0.25) is 4.79 Å². The molecule has 0 aliphatic rings. The first kappa shape index (κ1) is 17.9. The number of primary amides is 1. The van der Waals surface area contributed by atoms with Crippen LogP contribution >= 0.6 is 0 Å². The molecule has 1 heterocycles. The second-order valence-electron chi connectivity index (χ2n) is 6.57. The molecular weight excluding hydrogens is 322 g/mol. The smallest absolute Gasteiger partial charge is 0.217 e. The topological polar surface area (TPSA) is 71.8 Å². The highest BCUT2D eigenvalue weighted by molar-refractivity contribution is 5.73. The molecule has 0 bridgehead atoms. The molecule has 1 amide bonds. The van der Waals surface area contributed by atoms with Crippen molar-refractivity contribution in [2.24, 2.45) is 5.73 Å². The van der Waals surface area contributed by atoms with Gasteiger partial charge >= 0.3 is 0 Å². The molecule has 0 saturated heterocycles. The highest BCUT2D eigenvalue weighted by Crippen LogP contribution is 2.24. The van der Waals surface area contributed by atoms with E-state index in [9.17, 15) is 4.79 Å². The van der Waals surface area contributed by atoms with Crippen molar-refractivity contribution >= 4 is 5.91 Å². The molecule has 0 radical (unpaired) electrons. The van der Waals surface area contributed by atoms with Crippen LogP contribution in [0.3, 0.4) is 0 Å². The first-order valence-electron chi connectivity index (χ1n) is 9.20. The highest BCUT2D eigenvalue weighted by Gasteiger charge is 2.04. The predicted octanol–water partition coefficient (Wildman–Crippen LogP) is 4.72. The maximum atomic E-state index is 10.7. The second-order valence-corrected chi connectivity index (χ2v) is 6.57. The summed E-state index contributed by atoms with van der Waals surface area (Å²) in [6.45, 7) is 0. The van der Waals surface area contributed by atoms with Gasteiger partial charge in [-0.05, 0) is 29.5 Å². The molecule has 0 saturated carbocycles. The van der Waals surface area contributed by atoms with Gasteiger partial charge in [0.15, 0.2) is 0 Å². The van der Waals surface area contributed by atoms with E-state index in [0.29, 0.717) is 6.42 Å². The maximum absolute atomic E-state index is 10.7. The molecular formula is C22H25N3O. The zero-order valence-electron chi connectivity index (χ0n) is 14.9. The molecule has 0 aliphatic heterocycles. The van der Waals surface area contributed by atoms with Gasteiger partial charge in [0, 0.05) is 12.8 Å². The van der Waals surface area contributed by atoms with Gasteiger partial charge in [0.1, 0.15) is 5.82 Å². The number of nitrogens with two attached hydrogens (primary N) is 1. The van der Waals surface area contributed by atoms with Crippen molar-refractivity contribution in [2.45, 2.75) is 38.5 Å². The Morgan fingerprint density at radius 3 is 2.23 bits per heavy atom. The van der Waals surface area contributed by atoms with Crippen LogP contribution in [0.25, 0.3) is 22.4 Å². The van der Waals surface area contributed by atoms with Gasteiger partial charge in [0.25, 0.3) is 0 Å². The SMILES string of the molecule is NC(=O)CCCCCCc1ncc(-c2ccc(-c3ccccc3)cc2)[nH]1. The summed E-state index contributed by atoms with van der Waals surface area (Å²) >= 11 is 0. The number of imidazole rings is 1. The van der Waals surface area contributed by atoms with Crippen LogP contribution in [-0.2, 0) is 11.2 Å². The summed E-state index contributed by atoms with van der Waals surface area (Å²) in [6.07, 6.45) is 7.40. The number of carbonyl (C=O) groups is 1. The number of benzene rings is 2. The Bertz CT molecular complexity index is 822. The van der Waals surface area contributed by atoms with E-state index in [1.807, 2.05) is 12.3 Å². The van der Waals surface area contributed by atoms with Crippen LogP contribution in [-0.4, -0.2) is 15.9 Å². The summed E-state index contributed by atoms with van der Waals surface area (Å²) in [7, 11) is 0. The number of carbonyl (C=O) groups excluding carboxylic acids is 1. The Labute approximate surface area is 154 Å². The number of nitrogens with one attached hydrogen (secondary N) is 1. The zero-order chi connectivity index (χ0) is 18.2. The fourth-order valence-electron chi connectivity index (χ4n) is 3.05. The van der Waals surface area contributed by atoms with E-state index in [-0.39, 0.29) is 5.91 Å². The summed E-state index contributed by atoms with van der Waals surface area (Å²) in [5, 5.41) is 0. The van der Waals surface area contributed by atoms with E-state index in [0.717, 1.165) is 49.2 Å². The Morgan fingerprint density at radius 2 is 1.50 bits per heavy atom. The average Bonchev–Trinajstić information content (AvgIpc) is 3.14. The van der Waals surface area contributed by atoms with Crippen molar-refractivity contribution in [2.75, 3.05) is 0 Å². The third-order valence-electron chi connectivity index (χ3n) is 4.52. The average molecular weight is 347 g/mol. The molecule has 0 unspecified atom stereocenters. The Hall–Kier alpha value is -2.88. The lowest BCUT2D eigenvalue weighted by molar-refractivity contribution is -0.118. The van der Waals surface area contributed by atoms with Crippen LogP contribution in [0.15, 0.2) is 60.8 Å². The number of H-pyrrole nitrogens is 1. The van der Waals surface area contributed by atoms with Gasteiger partial charge in [0.05, 0.1) is 11.9 Å². The van der Waals surface area contributed by atoms with Crippen LogP contribution in [0, 0.1) is 0 Å². The minimum Gasteiger partial charge on any atom is -0.370 e. The van der Waals surface area contributed by atoms with Crippen LogP contribution in [0.5, 0.6) is 0 Å². The Morgan fingerprint density at radius 1 is 0.846 bits per heavy atom. The standard InChI is InChI=1S/C22H25N3O/c23-21(26)10-6-1-2-7-11-22-24-16-20(25-22)19-14-12-18(13-15-19)17-8-4-3-5-9-17/h3-5,8-9,12-16H,1-2,6-7,10-11H2,(H2,23,26)(H,24,25). The third-order valence-corrected chi connectivity index (χ3v) is 4.52. The molecule has 3 N–H and O–H groups in total. The fraction of sp³-hybridized carbons (Fsp3) is 0.273. The molecule has 3 aromatic rings. The lowest BCUT2D eigenvalue weighted by Crippen LogP contribution is -2.09. The van der Waals surface area contributed by atoms with Gasteiger partial charge < -0.3 is 10.7 Å². The number of aromatic nitrogens is 2. The number of aryl methyl sites for hydroxylation is 1. The number of nitrogens with zero attached hydrogens (tertiary/aromatic N) is 1. The van der Waals surface area contributed by atoms with E-state index >= 15 is 0 Å². The second kappa shape index (κ2) is 8.99. The molecule has 2 aromatic carbocycles. The van der Waals surface area contributed by atoms with Crippen molar-refractivity contribution in [3.8, 4) is 22.4 Å². The Kier molecular flexibility index (Phi) is 6.20. The number of amides is 1. The molecule has 26 heavy (non-hydrogen) atoms. The lowest BCUT2D eigenvalue weighted by atomic mass is 10.0. The number of hydrogen-bond acceptors (Lipinski definition) is 2. The van der Waals surface area contributed by atoms with Crippen LogP contribution in [0.4, 0.5) is 0 Å². The molecule has 0 atom stereocenters. The van der Waals surface area contributed by atoms with Gasteiger partial charge in [-0.1, -0.05) is 67.4 Å². The van der Waals surface area contributed by atoms with Gasteiger partial charge in [-0.2, -0.15) is 0 Å². The molecule has 4 nitrogen and oxygen atoms in total. The number of rotatable bonds is 9. The fourth-order valence-corrected chi connectivity index (χ4v) is 3.05. The highest BCUT2D eigenvalue weighted by atomic mass is 16.1. The lowest BCUT2D eigenvalue weighted by Gasteiger charge is -2.03. The van der Waals surface area contributed by atoms with Crippen molar-refractivity contribution in [3.63, 3.8) is 0 Å². The van der Waals surface area contributed by atoms with Crippen molar-refractivity contribution in [3.05, 3.63) is 66.6 Å². The monoisotopic (exact) mass is 347 g/mol. The summed E-state index contributed by atoms with van der Waals surface area (Å²) < 4.78 is 0. The molecule has 3 rings (SSSR count). The quantitative estimate of drug-likeness (QED) is 0.550. The van der Waals surface area contributed by atoms with Crippen LogP contribution in [0.2, 0.25) is 0 Å². The molecule has 0 fully saturated rings. The maximum Gasteiger partial charge on any atom is 0.217 e. The van der Waals surface area contributed by atoms with E-state index < -0.39 is 0 Å². The third kappa shape index (κ3) is 5.06. The van der Waals surface area contributed by atoms with Crippen LogP contribution < -0.4 is 5.73 Å². The minimum atomic E-state index is -0.209. The zero-order valence-corrected chi connectivity index (χ0v) is 14.9. The largest absolute Gasteiger partial charge is 0.370 e. The molecule has 4 heteroatoms. The van der Waals surface area contributed by atoms with Crippen molar-refractivity contribution in [1.82, 2.24) is 9.97 Å². The van der Waals surface area contributed by atoms with Gasteiger partial charge in [0.2, 0.25) is 5.91 Å². The van der Waals surface area contributed by atoms with Crippen molar-refractivity contribution < 1.29 is 4.79 Å². The van der Waals surface area contributed by atoms with E-state index in [4.69, 9.17) is 5.73 Å². The summed E-state index contributed by atoms with van der Waals surface area (Å²) in [6, 6.07) is 18.9. The first-order valence-corrected chi connectivity index (χ1v) is 9.20. The number of hydrogen-bond donors (Lipinski definition) is 2. The molecule has 1 aromatic heterocycles. The minimum absolute atomic E-state index is 0.209. The molecule has 0 spiro atoms. The van der Waals surface area contributed by atoms with Gasteiger partial charge in [-0.15, -0.1) is 0 Å². The summed E-state index contributed by atoms with van der Waals surface area (Å²) in [5.74, 6) is 0.806. The van der Waals surface area contributed by atoms with E-state index in [1.165, 1.54) is 11.1 Å². The number of aromatic amines is 1.